The predicted octanol–water partition coefficient (Wildman–Crippen LogP) is 2.35. The number of hydrogen-bond donors (Lipinski definition) is 2. The van der Waals surface area contributed by atoms with Crippen molar-refractivity contribution in [3.8, 4) is 11.5 Å². The van der Waals surface area contributed by atoms with Gasteiger partial charge < -0.3 is 9.47 Å². The Labute approximate surface area is 193 Å². The van der Waals surface area contributed by atoms with Crippen molar-refractivity contribution in [1.82, 2.24) is 9.66 Å². The number of para-hydroxylation sites is 1. The largest absolute Gasteiger partial charge is 0.486 e. The first-order chi connectivity index (χ1) is 16.4. The van der Waals surface area contributed by atoms with Gasteiger partial charge in [0.1, 0.15) is 19.5 Å². The van der Waals surface area contributed by atoms with Gasteiger partial charge in [-0.3, -0.25) is 19.7 Å². The lowest BCUT2D eigenvalue weighted by Gasteiger charge is -2.19. The van der Waals surface area contributed by atoms with Gasteiger partial charge in [-0.2, -0.15) is 0 Å². The summed E-state index contributed by atoms with van der Waals surface area (Å²) in [5, 5.41) is 0.353. The zero-order chi connectivity index (χ0) is 23.7. The molecular weight excluding hydrogens is 460 g/mol. The molecule has 1 aliphatic rings. The van der Waals surface area contributed by atoms with E-state index in [1.807, 2.05) is 0 Å². The second kappa shape index (κ2) is 8.52. The molecule has 4 aromatic rings. The highest BCUT2D eigenvalue weighted by Gasteiger charge is 2.20. The maximum atomic E-state index is 12.9. The molecule has 0 bridgehead atoms. The van der Waals surface area contributed by atoms with Crippen molar-refractivity contribution < 1.29 is 22.7 Å². The van der Waals surface area contributed by atoms with Crippen LogP contribution in [-0.2, 0) is 10.0 Å². The van der Waals surface area contributed by atoms with Crippen molar-refractivity contribution in [3.63, 3.8) is 0 Å². The molecule has 1 aliphatic heterocycles. The molecule has 3 aromatic carbocycles. The first-order valence-electron chi connectivity index (χ1n) is 10.2. The maximum Gasteiger partial charge on any atom is 0.280 e. The van der Waals surface area contributed by atoms with Crippen LogP contribution in [0.3, 0.4) is 0 Å². The van der Waals surface area contributed by atoms with E-state index >= 15 is 0 Å². The number of rotatable bonds is 5. The van der Waals surface area contributed by atoms with E-state index in [1.54, 1.807) is 24.3 Å². The zero-order valence-corrected chi connectivity index (χ0v) is 18.4. The highest BCUT2D eigenvalue weighted by molar-refractivity contribution is 7.92. The Hall–Kier alpha value is -4.38. The van der Waals surface area contributed by atoms with E-state index in [-0.39, 0.29) is 16.1 Å². The first kappa shape index (κ1) is 21.5. The normalized spacial score (nSPS) is 12.8. The van der Waals surface area contributed by atoms with Gasteiger partial charge in [0.05, 0.1) is 15.8 Å². The lowest BCUT2D eigenvalue weighted by atomic mass is 10.2. The predicted molar refractivity (Wildman–Crippen MR) is 124 cm³/mol. The molecular formula is C23H18N4O6S. The summed E-state index contributed by atoms with van der Waals surface area (Å²) in [5.41, 5.74) is 2.86. The monoisotopic (exact) mass is 478 g/mol. The Morgan fingerprint density at radius 3 is 2.59 bits per heavy atom. The highest BCUT2D eigenvalue weighted by atomic mass is 32.2. The Balaban J connectivity index is 1.37. The number of carbonyl (C=O) groups is 1. The fraction of sp³-hybridized carbons (Fsp3) is 0.0870. The number of aromatic nitrogens is 2. The lowest BCUT2D eigenvalue weighted by molar-refractivity contribution is 0.101. The Morgan fingerprint density at radius 1 is 0.941 bits per heavy atom. The van der Waals surface area contributed by atoms with E-state index in [4.69, 9.17) is 9.47 Å². The van der Waals surface area contributed by atoms with Crippen molar-refractivity contribution in [2.45, 2.75) is 4.90 Å². The summed E-state index contributed by atoms with van der Waals surface area (Å²) >= 11 is 0. The second-order valence-electron chi connectivity index (χ2n) is 7.37. The van der Waals surface area contributed by atoms with Crippen LogP contribution in [0.15, 0.2) is 82.7 Å². The number of carbonyl (C=O) groups excluding carboxylic acids is 1. The number of nitrogens with zero attached hydrogens (tertiary/aromatic N) is 2. The van der Waals surface area contributed by atoms with Gasteiger partial charge in [-0.15, -0.1) is 0 Å². The van der Waals surface area contributed by atoms with Crippen molar-refractivity contribution in [3.05, 3.63) is 89.0 Å². The fourth-order valence-corrected chi connectivity index (χ4v) is 4.52. The van der Waals surface area contributed by atoms with Gasteiger partial charge in [0, 0.05) is 17.3 Å². The number of ether oxygens (including phenoxy) is 2. The average Bonchev–Trinajstić information content (AvgIpc) is 2.85. The van der Waals surface area contributed by atoms with E-state index in [0.29, 0.717) is 35.6 Å². The van der Waals surface area contributed by atoms with Crippen LogP contribution >= 0.6 is 0 Å². The zero-order valence-electron chi connectivity index (χ0n) is 17.6. The minimum atomic E-state index is -3.96. The van der Waals surface area contributed by atoms with Gasteiger partial charge in [0.2, 0.25) is 0 Å². The van der Waals surface area contributed by atoms with Crippen LogP contribution in [0.4, 0.5) is 5.69 Å². The molecule has 11 heteroatoms. The van der Waals surface area contributed by atoms with Crippen molar-refractivity contribution in [2.75, 3.05) is 23.4 Å². The maximum absolute atomic E-state index is 12.9. The standard InChI is InChI=1S/C23H18N4O6S/c28-22(25-27-14-24-19-7-2-1-6-18(19)23(27)29)15-4-3-5-16(12-15)26-34(30,31)17-8-9-20-21(13-17)33-11-10-32-20/h1-9,12-14,26H,10-11H2,(H,25,28). The molecule has 0 atom stereocenters. The molecule has 2 heterocycles. The van der Waals surface area contributed by atoms with Crippen LogP contribution in [0, 0.1) is 0 Å². The Bertz CT molecular complexity index is 1580. The van der Waals surface area contributed by atoms with E-state index in [0.717, 1.165) is 4.68 Å². The van der Waals surface area contributed by atoms with Gasteiger partial charge in [-0.05, 0) is 42.5 Å². The molecule has 0 saturated heterocycles. The van der Waals surface area contributed by atoms with E-state index < -0.39 is 21.5 Å². The molecule has 10 nitrogen and oxygen atoms in total. The minimum absolute atomic E-state index is 0.0135. The minimum Gasteiger partial charge on any atom is -0.486 e. The number of nitrogens with one attached hydrogen (secondary N) is 2. The summed E-state index contributed by atoms with van der Waals surface area (Å²) in [6.07, 6.45) is 1.22. The van der Waals surface area contributed by atoms with Crippen LogP contribution in [0.2, 0.25) is 0 Å². The smallest absolute Gasteiger partial charge is 0.280 e. The molecule has 0 spiro atoms. The molecule has 0 saturated carbocycles. The molecule has 0 radical (unpaired) electrons. The summed E-state index contributed by atoms with van der Waals surface area (Å²) in [4.78, 5) is 29.5. The molecule has 0 unspecified atom stereocenters. The molecule has 1 amide bonds. The number of hydrogen-bond acceptors (Lipinski definition) is 7. The number of amides is 1. The molecule has 34 heavy (non-hydrogen) atoms. The third-order valence-electron chi connectivity index (χ3n) is 5.09. The lowest BCUT2D eigenvalue weighted by Crippen LogP contribution is -2.33. The molecule has 172 valence electrons. The summed E-state index contributed by atoms with van der Waals surface area (Å²) in [7, 11) is -3.96. The highest BCUT2D eigenvalue weighted by Crippen LogP contribution is 2.32. The molecule has 1 aromatic heterocycles. The van der Waals surface area contributed by atoms with E-state index in [1.165, 1.54) is 48.8 Å². The SMILES string of the molecule is O=C(Nn1cnc2ccccc2c1=O)c1cccc(NS(=O)(=O)c2ccc3c(c2)OCCO3)c1. The molecule has 5 rings (SSSR count). The summed E-state index contributed by atoms with van der Waals surface area (Å²) in [5.74, 6) is 0.207. The average molecular weight is 478 g/mol. The Morgan fingerprint density at radius 2 is 1.74 bits per heavy atom. The van der Waals surface area contributed by atoms with Crippen LogP contribution in [0.25, 0.3) is 10.9 Å². The third-order valence-corrected chi connectivity index (χ3v) is 6.47. The van der Waals surface area contributed by atoms with Gasteiger partial charge in [0.15, 0.2) is 11.5 Å². The number of sulfonamides is 1. The van der Waals surface area contributed by atoms with Crippen LogP contribution in [0.5, 0.6) is 11.5 Å². The van der Waals surface area contributed by atoms with Crippen molar-refractivity contribution >= 4 is 32.5 Å². The fourth-order valence-electron chi connectivity index (χ4n) is 3.45. The van der Waals surface area contributed by atoms with Gasteiger partial charge in [-0.1, -0.05) is 18.2 Å². The second-order valence-corrected chi connectivity index (χ2v) is 9.05. The number of anilines is 1. The molecule has 0 aliphatic carbocycles. The number of benzene rings is 3. The molecule has 0 fully saturated rings. The number of fused-ring (bicyclic) bond motifs is 2. The topological polar surface area (TPSA) is 129 Å². The van der Waals surface area contributed by atoms with E-state index in [9.17, 15) is 18.0 Å². The Kier molecular flexibility index (Phi) is 5.38. The first-order valence-corrected chi connectivity index (χ1v) is 11.7. The third kappa shape index (κ3) is 4.16. The van der Waals surface area contributed by atoms with Crippen LogP contribution in [0.1, 0.15) is 10.4 Å². The summed E-state index contributed by atoms with van der Waals surface area (Å²) in [6, 6.07) is 17.0. The van der Waals surface area contributed by atoms with Gasteiger partial charge in [-0.25, -0.2) is 18.1 Å². The van der Waals surface area contributed by atoms with Crippen LogP contribution < -0.4 is 25.2 Å². The van der Waals surface area contributed by atoms with E-state index in [2.05, 4.69) is 15.1 Å². The van der Waals surface area contributed by atoms with Crippen LogP contribution in [-0.4, -0.2) is 37.2 Å². The van der Waals surface area contributed by atoms with Gasteiger partial charge in [0.25, 0.3) is 21.5 Å². The molecule has 2 N–H and O–H groups in total. The summed E-state index contributed by atoms with van der Waals surface area (Å²) in [6.45, 7) is 0.727. The summed E-state index contributed by atoms with van der Waals surface area (Å²) < 4.78 is 40.0. The van der Waals surface area contributed by atoms with Crippen molar-refractivity contribution in [1.29, 1.82) is 0 Å². The van der Waals surface area contributed by atoms with Crippen molar-refractivity contribution in [2.24, 2.45) is 0 Å². The quantitative estimate of drug-likeness (QED) is 0.451. The van der Waals surface area contributed by atoms with Gasteiger partial charge >= 0.3 is 0 Å².